The van der Waals surface area contributed by atoms with Crippen molar-refractivity contribution < 1.29 is 4.74 Å². The molecule has 2 aromatic rings. The fraction of sp³-hybridized carbons (Fsp3) is 0.438. The van der Waals surface area contributed by atoms with E-state index >= 15 is 0 Å². The Balaban J connectivity index is 1.91. The van der Waals surface area contributed by atoms with Gasteiger partial charge in [0.25, 0.3) is 0 Å². The van der Waals surface area contributed by atoms with Crippen molar-refractivity contribution in [3.63, 3.8) is 0 Å². The van der Waals surface area contributed by atoms with E-state index in [0.717, 1.165) is 47.9 Å². The molecule has 0 radical (unpaired) electrons. The van der Waals surface area contributed by atoms with Gasteiger partial charge in [-0.05, 0) is 38.0 Å². The van der Waals surface area contributed by atoms with E-state index in [9.17, 15) is 0 Å². The molecule has 0 bridgehead atoms. The first kappa shape index (κ1) is 15.1. The number of ether oxygens (including phenoxy) is 1. The Morgan fingerprint density at radius 1 is 1.38 bits per heavy atom. The van der Waals surface area contributed by atoms with Crippen molar-refractivity contribution in [1.82, 2.24) is 4.98 Å². The van der Waals surface area contributed by atoms with E-state index in [1.54, 1.807) is 0 Å². The first-order valence-corrected chi connectivity index (χ1v) is 8.46. The summed E-state index contributed by atoms with van der Waals surface area (Å²) in [4.78, 5) is 6.82. The number of nitrogens with zero attached hydrogens (tertiary/aromatic N) is 2. The molecule has 1 aliphatic rings. The third kappa shape index (κ3) is 3.17. The van der Waals surface area contributed by atoms with Gasteiger partial charge in [0, 0.05) is 41.4 Å². The highest BCUT2D eigenvalue weighted by Gasteiger charge is 2.21. The standard InChI is InChI=1S/C16H18BrClN2O/c1-2-21-12-4-7-20(8-5-12)15-3-6-19-16-13(15)9-11(17)10-14(16)18/h3,6,9-10,12H,2,4-5,7-8H2,1H3. The zero-order valence-corrected chi connectivity index (χ0v) is 14.3. The molecule has 5 heteroatoms. The Morgan fingerprint density at radius 2 is 2.14 bits per heavy atom. The molecule has 1 saturated heterocycles. The van der Waals surface area contributed by atoms with E-state index in [4.69, 9.17) is 16.3 Å². The fourth-order valence-electron chi connectivity index (χ4n) is 2.94. The van der Waals surface area contributed by atoms with Crippen LogP contribution in [-0.4, -0.2) is 30.8 Å². The Hall–Kier alpha value is -0.840. The van der Waals surface area contributed by atoms with Gasteiger partial charge in [-0.3, -0.25) is 4.98 Å². The van der Waals surface area contributed by atoms with Crippen molar-refractivity contribution in [1.29, 1.82) is 0 Å². The van der Waals surface area contributed by atoms with Gasteiger partial charge in [0.1, 0.15) is 0 Å². The number of piperidine rings is 1. The van der Waals surface area contributed by atoms with Crippen molar-refractivity contribution in [2.45, 2.75) is 25.9 Å². The predicted octanol–water partition coefficient (Wildman–Crippen LogP) is 4.66. The van der Waals surface area contributed by atoms with Gasteiger partial charge in [0.2, 0.25) is 0 Å². The second-order valence-corrected chi connectivity index (χ2v) is 6.58. The van der Waals surface area contributed by atoms with Crippen LogP contribution in [0, 0.1) is 0 Å². The van der Waals surface area contributed by atoms with Crippen LogP contribution >= 0.6 is 27.5 Å². The lowest BCUT2D eigenvalue weighted by atomic mass is 10.1. The van der Waals surface area contributed by atoms with Crippen molar-refractivity contribution >= 4 is 44.1 Å². The molecule has 0 saturated carbocycles. The summed E-state index contributed by atoms with van der Waals surface area (Å²) in [6.45, 7) is 4.87. The molecule has 0 unspecified atom stereocenters. The fourth-order valence-corrected chi connectivity index (χ4v) is 3.80. The van der Waals surface area contributed by atoms with E-state index < -0.39 is 0 Å². The predicted molar refractivity (Wildman–Crippen MR) is 91.3 cm³/mol. The number of aromatic nitrogens is 1. The molecule has 0 spiro atoms. The number of anilines is 1. The van der Waals surface area contributed by atoms with Crippen LogP contribution < -0.4 is 4.90 Å². The normalized spacial score (nSPS) is 16.6. The molecular weight excluding hydrogens is 352 g/mol. The van der Waals surface area contributed by atoms with Gasteiger partial charge in [0.15, 0.2) is 0 Å². The van der Waals surface area contributed by atoms with E-state index in [-0.39, 0.29) is 0 Å². The van der Waals surface area contributed by atoms with Gasteiger partial charge in [0.05, 0.1) is 16.6 Å². The molecule has 2 heterocycles. The van der Waals surface area contributed by atoms with E-state index in [2.05, 4.69) is 44.9 Å². The third-order valence-corrected chi connectivity index (χ3v) is 4.67. The topological polar surface area (TPSA) is 25.4 Å². The maximum absolute atomic E-state index is 6.31. The maximum atomic E-state index is 6.31. The van der Waals surface area contributed by atoms with Gasteiger partial charge in [-0.1, -0.05) is 27.5 Å². The molecule has 3 rings (SSSR count). The lowest BCUT2D eigenvalue weighted by Gasteiger charge is -2.34. The molecule has 1 aliphatic heterocycles. The Kier molecular flexibility index (Phi) is 4.67. The van der Waals surface area contributed by atoms with E-state index in [1.807, 2.05) is 12.3 Å². The second kappa shape index (κ2) is 6.51. The second-order valence-electron chi connectivity index (χ2n) is 5.26. The number of halogens is 2. The number of hydrogen-bond donors (Lipinski definition) is 0. The monoisotopic (exact) mass is 368 g/mol. The summed E-state index contributed by atoms with van der Waals surface area (Å²) < 4.78 is 6.71. The summed E-state index contributed by atoms with van der Waals surface area (Å²) in [7, 11) is 0. The molecule has 3 nitrogen and oxygen atoms in total. The average molecular weight is 370 g/mol. The minimum atomic E-state index is 0.398. The van der Waals surface area contributed by atoms with E-state index in [1.165, 1.54) is 5.69 Å². The number of hydrogen-bond acceptors (Lipinski definition) is 3. The van der Waals surface area contributed by atoms with E-state index in [0.29, 0.717) is 11.1 Å². The number of benzene rings is 1. The number of fused-ring (bicyclic) bond motifs is 1. The van der Waals surface area contributed by atoms with Gasteiger partial charge < -0.3 is 9.64 Å². The lowest BCUT2D eigenvalue weighted by Crippen LogP contribution is -2.37. The zero-order valence-electron chi connectivity index (χ0n) is 12.0. The Bertz CT molecular complexity index is 641. The highest BCUT2D eigenvalue weighted by molar-refractivity contribution is 9.10. The third-order valence-electron chi connectivity index (χ3n) is 3.93. The van der Waals surface area contributed by atoms with Crippen molar-refractivity contribution in [2.75, 3.05) is 24.6 Å². The molecule has 1 aromatic heterocycles. The summed E-state index contributed by atoms with van der Waals surface area (Å²) in [5, 5.41) is 1.79. The van der Waals surface area contributed by atoms with Gasteiger partial charge in [-0.15, -0.1) is 0 Å². The minimum absolute atomic E-state index is 0.398. The van der Waals surface area contributed by atoms with Crippen molar-refractivity contribution in [3.8, 4) is 0 Å². The first-order chi connectivity index (χ1) is 10.2. The quantitative estimate of drug-likeness (QED) is 0.787. The van der Waals surface area contributed by atoms with Crippen LogP contribution in [-0.2, 0) is 4.74 Å². The summed E-state index contributed by atoms with van der Waals surface area (Å²) in [5.41, 5.74) is 2.07. The summed E-state index contributed by atoms with van der Waals surface area (Å²) in [6.07, 6.45) is 4.37. The molecular formula is C16H18BrClN2O. The van der Waals surface area contributed by atoms with Gasteiger partial charge >= 0.3 is 0 Å². The molecule has 0 N–H and O–H groups in total. The molecule has 0 atom stereocenters. The molecule has 1 aromatic carbocycles. The van der Waals surface area contributed by atoms with Crippen LogP contribution in [0.15, 0.2) is 28.9 Å². The smallest absolute Gasteiger partial charge is 0.0909 e. The first-order valence-electron chi connectivity index (χ1n) is 7.29. The average Bonchev–Trinajstić information content (AvgIpc) is 2.48. The van der Waals surface area contributed by atoms with Crippen LogP contribution in [0.3, 0.4) is 0 Å². The summed E-state index contributed by atoms with van der Waals surface area (Å²) >= 11 is 9.83. The maximum Gasteiger partial charge on any atom is 0.0909 e. The highest BCUT2D eigenvalue weighted by atomic mass is 79.9. The summed E-state index contributed by atoms with van der Waals surface area (Å²) in [6, 6.07) is 6.06. The molecule has 1 fully saturated rings. The molecule has 0 amide bonds. The Labute approximate surface area is 138 Å². The number of pyridine rings is 1. The lowest BCUT2D eigenvalue weighted by molar-refractivity contribution is 0.0459. The highest BCUT2D eigenvalue weighted by Crippen LogP contribution is 2.34. The molecule has 112 valence electrons. The molecule has 0 aliphatic carbocycles. The van der Waals surface area contributed by atoms with Crippen LogP contribution in [0.5, 0.6) is 0 Å². The minimum Gasteiger partial charge on any atom is -0.378 e. The number of rotatable bonds is 3. The largest absolute Gasteiger partial charge is 0.378 e. The van der Waals surface area contributed by atoms with Gasteiger partial charge in [-0.25, -0.2) is 0 Å². The van der Waals surface area contributed by atoms with Crippen LogP contribution in [0.2, 0.25) is 5.02 Å². The molecule has 21 heavy (non-hydrogen) atoms. The van der Waals surface area contributed by atoms with Crippen molar-refractivity contribution in [2.24, 2.45) is 0 Å². The van der Waals surface area contributed by atoms with Crippen LogP contribution in [0.25, 0.3) is 10.9 Å². The zero-order chi connectivity index (χ0) is 14.8. The van der Waals surface area contributed by atoms with Gasteiger partial charge in [-0.2, -0.15) is 0 Å². The van der Waals surface area contributed by atoms with Crippen LogP contribution in [0.4, 0.5) is 5.69 Å². The van der Waals surface area contributed by atoms with Crippen molar-refractivity contribution in [3.05, 3.63) is 33.9 Å². The summed E-state index contributed by atoms with van der Waals surface area (Å²) in [5.74, 6) is 0. The Morgan fingerprint density at radius 3 is 2.86 bits per heavy atom. The van der Waals surface area contributed by atoms with Crippen LogP contribution in [0.1, 0.15) is 19.8 Å². The SMILES string of the molecule is CCOC1CCN(c2ccnc3c(Cl)cc(Br)cc23)CC1.